The molecule has 0 aliphatic heterocycles. The summed E-state index contributed by atoms with van der Waals surface area (Å²) in [5.74, 6) is 0.712. The summed E-state index contributed by atoms with van der Waals surface area (Å²) in [5, 5.41) is 4.42. The van der Waals surface area contributed by atoms with E-state index in [4.69, 9.17) is 5.73 Å². The minimum absolute atomic E-state index is 0.576. The van der Waals surface area contributed by atoms with Crippen molar-refractivity contribution in [3.05, 3.63) is 53.9 Å². The fourth-order valence-electron chi connectivity index (χ4n) is 2.15. The van der Waals surface area contributed by atoms with Gasteiger partial charge in [-0.3, -0.25) is 0 Å². The molecule has 1 aromatic carbocycles. The van der Waals surface area contributed by atoms with Crippen LogP contribution in [-0.2, 0) is 0 Å². The number of benzene rings is 1. The van der Waals surface area contributed by atoms with E-state index in [0.717, 1.165) is 5.69 Å². The third-order valence-electron chi connectivity index (χ3n) is 3.25. The van der Waals surface area contributed by atoms with Gasteiger partial charge in [-0.2, -0.15) is 5.10 Å². The third-order valence-corrected chi connectivity index (χ3v) is 3.25. The van der Waals surface area contributed by atoms with Gasteiger partial charge >= 0.3 is 0 Å². The van der Waals surface area contributed by atoms with Crippen LogP contribution in [0.15, 0.2) is 42.6 Å². The highest BCUT2D eigenvalue weighted by molar-refractivity contribution is 5.52. The zero-order valence-corrected chi connectivity index (χ0v) is 10.3. The van der Waals surface area contributed by atoms with Crippen LogP contribution in [0.4, 0.5) is 0 Å². The highest BCUT2D eigenvalue weighted by Crippen LogP contribution is 2.40. The number of hydrogen-bond donors (Lipinski definition) is 1. The largest absolute Gasteiger partial charge is 0.327 e. The second-order valence-corrected chi connectivity index (χ2v) is 4.67. The van der Waals surface area contributed by atoms with Crippen LogP contribution in [0.2, 0.25) is 0 Å². The third kappa shape index (κ3) is 2.22. The van der Waals surface area contributed by atoms with Crippen LogP contribution in [0.5, 0.6) is 0 Å². The molecule has 92 valence electrons. The van der Waals surface area contributed by atoms with E-state index in [-0.39, 0.29) is 0 Å². The van der Waals surface area contributed by atoms with Gasteiger partial charge < -0.3 is 5.73 Å². The first-order chi connectivity index (χ1) is 8.88. The monoisotopic (exact) mass is 239 g/mol. The molecule has 0 amide bonds. The lowest BCUT2D eigenvalue weighted by Gasteiger charge is -2.06. The van der Waals surface area contributed by atoms with Crippen LogP contribution >= 0.6 is 0 Å². The second kappa shape index (κ2) is 4.78. The summed E-state index contributed by atoms with van der Waals surface area (Å²) in [6.45, 7) is 0.576. The lowest BCUT2D eigenvalue weighted by atomic mass is 10.2. The zero-order valence-electron chi connectivity index (χ0n) is 10.3. The SMILES string of the molecule is NC/C=C/c1ccc(-n2nccc2C2CC2)cc1. The lowest BCUT2D eigenvalue weighted by Crippen LogP contribution is -2.00. The Bertz CT molecular complexity index is 547. The van der Waals surface area contributed by atoms with E-state index in [9.17, 15) is 0 Å². The molecule has 3 heteroatoms. The van der Waals surface area contributed by atoms with Gasteiger partial charge in [-0.05, 0) is 36.6 Å². The number of rotatable bonds is 4. The molecule has 3 rings (SSSR count). The predicted octanol–water partition coefficient (Wildman–Crippen LogP) is 2.72. The van der Waals surface area contributed by atoms with Gasteiger partial charge in [-0.1, -0.05) is 24.3 Å². The molecule has 18 heavy (non-hydrogen) atoms. The molecular formula is C15H17N3. The molecule has 1 saturated carbocycles. The van der Waals surface area contributed by atoms with E-state index >= 15 is 0 Å². The molecule has 0 bridgehead atoms. The van der Waals surface area contributed by atoms with Crippen molar-refractivity contribution in [1.82, 2.24) is 9.78 Å². The van der Waals surface area contributed by atoms with Gasteiger partial charge in [0.1, 0.15) is 0 Å². The van der Waals surface area contributed by atoms with Crippen LogP contribution < -0.4 is 5.73 Å². The van der Waals surface area contributed by atoms with E-state index in [2.05, 4.69) is 35.4 Å². The number of nitrogens with zero attached hydrogens (tertiary/aromatic N) is 2. The van der Waals surface area contributed by atoms with E-state index in [1.165, 1.54) is 24.1 Å². The Morgan fingerprint density at radius 2 is 2.00 bits per heavy atom. The fourth-order valence-corrected chi connectivity index (χ4v) is 2.15. The summed E-state index contributed by atoms with van der Waals surface area (Å²) in [4.78, 5) is 0. The van der Waals surface area contributed by atoms with Crippen molar-refractivity contribution in [2.75, 3.05) is 6.54 Å². The fraction of sp³-hybridized carbons (Fsp3) is 0.267. The van der Waals surface area contributed by atoms with Crippen LogP contribution in [0, 0.1) is 0 Å². The molecule has 2 N–H and O–H groups in total. The molecule has 0 radical (unpaired) electrons. The van der Waals surface area contributed by atoms with Gasteiger partial charge in [0.25, 0.3) is 0 Å². The van der Waals surface area contributed by atoms with Crippen LogP contribution in [-0.4, -0.2) is 16.3 Å². The van der Waals surface area contributed by atoms with Crippen molar-refractivity contribution in [3.63, 3.8) is 0 Å². The first-order valence-electron chi connectivity index (χ1n) is 6.39. The average Bonchev–Trinajstić information content (AvgIpc) is 3.15. The topological polar surface area (TPSA) is 43.8 Å². The van der Waals surface area contributed by atoms with Gasteiger partial charge in [-0.25, -0.2) is 4.68 Å². The van der Waals surface area contributed by atoms with Crippen molar-refractivity contribution in [2.45, 2.75) is 18.8 Å². The maximum Gasteiger partial charge on any atom is 0.0649 e. The number of hydrogen-bond acceptors (Lipinski definition) is 2. The summed E-state index contributed by atoms with van der Waals surface area (Å²) in [7, 11) is 0. The van der Waals surface area contributed by atoms with Crippen molar-refractivity contribution in [3.8, 4) is 5.69 Å². The molecule has 1 aromatic heterocycles. The van der Waals surface area contributed by atoms with Crippen LogP contribution in [0.25, 0.3) is 11.8 Å². The van der Waals surface area contributed by atoms with Crippen molar-refractivity contribution >= 4 is 6.08 Å². The number of nitrogens with two attached hydrogens (primary N) is 1. The molecule has 0 spiro atoms. The average molecular weight is 239 g/mol. The highest BCUT2D eigenvalue weighted by atomic mass is 15.3. The van der Waals surface area contributed by atoms with Gasteiger partial charge in [0, 0.05) is 24.4 Å². The number of aromatic nitrogens is 2. The van der Waals surface area contributed by atoms with Crippen molar-refractivity contribution in [1.29, 1.82) is 0 Å². The van der Waals surface area contributed by atoms with E-state index < -0.39 is 0 Å². The molecule has 0 saturated heterocycles. The molecule has 1 aliphatic rings. The quantitative estimate of drug-likeness (QED) is 0.891. The first-order valence-corrected chi connectivity index (χ1v) is 6.39. The molecule has 0 unspecified atom stereocenters. The molecular weight excluding hydrogens is 222 g/mol. The molecule has 1 aliphatic carbocycles. The molecule has 1 heterocycles. The van der Waals surface area contributed by atoms with E-state index in [0.29, 0.717) is 12.5 Å². The lowest BCUT2D eigenvalue weighted by molar-refractivity contribution is 0.808. The van der Waals surface area contributed by atoms with Gasteiger partial charge in [0.15, 0.2) is 0 Å². The Morgan fingerprint density at radius 1 is 1.22 bits per heavy atom. The smallest absolute Gasteiger partial charge is 0.0649 e. The zero-order chi connectivity index (χ0) is 12.4. The Morgan fingerprint density at radius 3 is 2.67 bits per heavy atom. The predicted molar refractivity (Wildman–Crippen MR) is 73.6 cm³/mol. The second-order valence-electron chi connectivity index (χ2n) is 4.67. The van der Waals surface area contributed by atoms with E-state index in [1.807, 2.05) is 23.0 Å². The normalized spacial score (nSPS) is 15.4. The van der Waals surface area contributed by atoms with E-state index in [1.54, 1.807) is 0 Å². The molecule has 0 atom stereocenters. The summed E-state index contributed by atoms with van der Waals surface area (Å²) in [5.41, 5.74) is 9.08. The summed E-state index contributed by atoms with van der Waals surface area (Å²) in [6, 6.07) is 10.5. The molecule has 3 nitrogen and oxygen atoms in total. The minimum Gasteiger partial charge on any atom is -0.327 e. The summed E-state index contributed by atoms with van der Waals surface area (Å²) in [6.07, 6.45) is 8.47. The Kier molecular flexibility index (Phi) is 2.99. The van der Waals surface area contributed by atoms with Crippen LogP contribution in [0.3, 0.4) is 0 Å². The molecule has 1 fully saturated rings. The standard InChI is InChI=1S/C15H17N3/c16-10-1-2-12-3-7-14(8-4-12)18-15(9-11-17-18)13-5-6-13/h1-4,7-9,11,13H,5-6,10,16H2/b2-1+. The maximum absolute atomic E-state index is 5.44. The Balaban J connectivity index is 1.87. The summed E-state index contributed by atoms with van der Waals surface area (Å²) < 4.78 is 2.05. The van der Waals surface area contributed by atoms with Crippen molar-refractivity contribution in [2.24, 2.45) is 5.73 Å². The molecule has 2 aromatic rings. The van der Waals surface area contributed by atoms with Crippen LogP contribution in [0.1, 0.15) is 30.0 Å². The highest BCUT2D eigenvalue weighted by Gasteiger charge is 2.27. The van der Waals surface area contributed by atoms with Gasteiger partial charge in [0.2, 0.25) is 0 Å². The Labute approximate surface area is 107 Å². The van der Waals surface area contributed by atoms with Gasteiger partial charge in [-0.15, -0.1) is 0 Å². The Hall–Kier alpha value is -1.87. The van der Waals surface area contributed by atoms with Gasteiger partial charge in [0.05, 0.1) is 5.69 Å². The summed E-state index contributed by atoms with van der Waals surface area (Å²) >= 11 is 0. The van der Waals surface area contributed by atoms with Crippen molar-refractivity contribution < 1.29 is 0 Å². The first kappa shape index (κ1) is 11.2. The minimum atomic E-state index is 0.576. The maximum atomic E-state index is 5.44.